The van der Waals surface area contributed by atoms with Crippen molar-refractivity contribution in [2.45, 2.75) is 20.2 Å². The molecule has 0 aromatic heterocycles. The largest absolute Gasteiger partial charge is 0.355 e. The van der Waals surface area contributed by atoms with Gasteiger partial charge in [-0.15, -0.1) is 0 Å². The van der Waals surface area contributed by atoms with Crippen LogP contribution in [0.3, 0.4) is 0 Å². The summed E-state index contributed by atoms with van der Waals surface area (Å²) in [5.41, 5.74) is 0. The maximum absolute atomic E-state index is 11.1. The zero-order valence-corrected chi connectivity index (χ0v) is 8.17. The molecule has 13 heavy (non-hydrogen) atoms. The number of hydrogen-bond donors (Lipinski definition) is 1. The van der Waals surface area contributed by atoms with E-state index >= 15 is 0 Å². The van der Waals surface area contributed by atoms with Crippen molar-refractivity contribution < 1.29 is 9.59 Å². The van der Waals surface area contributed by atoms with Gasteiger partial charge >= 0.3 is 0 Å². The minimum absolute atomic E-state index is 0.0217. The predicted molar refractivity (Wildman–Crippen MR) is 51.5 cm³/mol. The van der Waals surface area contributed by atoms with E-state index in [1.54, 1.807) is 4.90 Å². The SMILES string of the molecule is [B]CC(=O)N(CC)CCNC(C)=O. The van der Waals surface area contributed by atoms with Crippen molar-refractivity contribution in [1.29, 1.82) is 0 Å². The molecule has 0 saturated heterocycles. The Balaban J connectivity index is 3.72. The molecule has 0 heterocycles. The molecule has 1 N–H and O–H groups in total. The van der Waals surface area contributed by atoms with Gasteiger partial charge in [0.1, 0.15) is 0 Å². The fraction of sp³-hybridized carbons (Fsp3) is 0.750. The molecular weight excluding hydrogens is 167 g/mol. The highest BCUT2D eigenvalue weighted by atomic mass is 16.2. The molecule has 4 nitrogen and oxygen atoms in total. The van der Waals surface area contributed by atoms with Gasteiger partial charge in [-0.3, -0.25) is 9.59 Å². The lowest BCUT2D eigenvalue weighted by Gasteiger charge is -2.20. The van der Waals surface area contributed by atoms with Crippen molar-refractivity contribution in [3.63, 3.8) is 0 Å². The summed E-state index contributed by atoms with van der Waals surface area (Å²) in [6.07, 6.45) is 0.0217. The van der Waals surface area contributed by atoms with Crippen LogP contribution in [-0.2, 0) is 9.59 Å². The van der Waals surface area contributed by atoms with Gasteiger partial charge in [0.15, 0.2) is 0 Å². The van der Waals surface area contributed by atoms with Crippen LogP contribution in [0.15, 0.2) is 0 Å². The molecule has 2 amide bonds. The Morgan fingerprint density at radius 1 is 1.46 bits per heavy atom. The van der Waals surface area contributed by atoms with Crippen LogP contribution in [0.5, 0.6) is 0 Å². The lowest BCUT2D eigenvalue weighted by atomic mass is 10.0. The number of nitrogens with zero attached hydrogens (tertiary/aromatic N) is 1. The van der Waals surface area contributed by atoms with Crippen LogP contribution in [0, 0.1) is 0 Å². The van der Waals surface area contributed by atoms with Crippen LogP contribution in [0.4, 0.5) is 0 Å². The second-order valence-corrected chi connectivity index (χ2v) is 2.66. The number of likely N-dealkylation sites (N-methyl/N-ethyl adjacent to an activating group) is 1. The van der Waals surface area contributed by atoms with Crippen LogP contribution >= 0.6 is 0 Å². The zero-order chi connectivity index (χ0) is 10.3. The highest BCUT2D eigenvalue weighted by molar-refractivity contribution is 6.19. The van der Waals surface area contributed by atoms with Crippen LogP contribution in [0.1, 0.15) is 13.8 Å². The molecule has 0 atom stereocenters. The van der Waals surface area contributed by atoms with E-state index < -0.39 is 0 Å². The monoisotopic (exact) mass is 182 g/mol. The molecule has 2 radical (unpaired) electrons. The second kappa shape index (κ2) is 6.51. The van der Waals surface area contributed by atoms with E-state index in [1.165, 1.54) is 6.92 Å². The van der Waals surface area contributed by atoms with Gasteiger partial charge in [-0.25, -0.2) is 0 Å². The summed E-state index contributed by atoms with van der Waals surface area (Å²) in [5, 5.41) is 2.62. The Kier molecular flexibility index (Phi) is 6.01. The summed E-state index contributed by atoms with van der Waals surface area (Å²) in [6.45, 7) is 4.94. The lowest BCUT2D eigenvalue weighted by molar-refractivity contribution is -0.129. The molecule has 0 aromatic carbocycles. The van der Waals surface area contributed by atoms with Gasteiger partial charge in [0.2, 0.25) is 11.8 Å². The minimum Gasteiger partial charge on any atom is -0.355 e. The molecule has 0 aliphatic heterocycles. The third-order valence-electron chi connectivity index (χ3n) is 1.66. The van der Waals surface area contributed by atoms with E-state index in [4.69, 9.17) is 7.85 Å². The molecule has 0 spiro atoms. The van der Waals surface area contributed by atoms with E-state index in [-0.39, 0.29) is 18.1 Å². The van der Waals surface area contributed by atoms with E-state index in [0.717, 1.165) is 0 Å². The Hall–Kier alpha value is -0.995. The molecule has 0 saturated carbocycles. The number of amides is 2. The highest BCUT2D eigenvalue weighted by Crippen LogP contribution is 1.91. The van der Waals surface area contributed by atoms with Gasteiger partial charge < -0.3 is 10.2 Å². The molecule has 0 unspecified atom stereocenters. The number of carbonyl (C=O) groups excluding carboxylic acids is 2. The summed E-state index contributed by atoms with van der Waals surface area (Å²) in [5.74, 6) is -0.177. The maximum Gasteiger partial charge on any atom is 0.216 e. The average Bonchev–Trinajstić information content (AvgIpc) is 2.11. The van der Waals surface area contributed by atoms with Gasteiger partial charge in [0.05, 0.1) is 7.85 Å². The first kappa shape index (κ1) is 12.0. The second-order valence-electron chi connectivity index (χ2n) is 2.66. The van der Waals surface area contributed by atoms with Crippen molar-refractivity contribution in [1.82, 2.24) is 10.2 Å². The fourth-order valence-corrected chi connectivity index (χ4v) is 0.955. The Morgan fingerprint density at radius 2 is 2.08 bits per heavy atom. The molecule has 0 aliphatic rings. The first-order valence-corrected chi connectivity index (χ1v) is 4.34. The van der Waals surface area contributed by atoms with Crippen molar-refractivity contribution in [3.05, 3.63) is 0 Å². The standard InChI is InChI=1S/C8H15BN2O2/c1-3-11(8(13)6-9)5-4-10-7(2)12/h3-6H2,1-2H3,(H,10,12). The number of carbonyl (C=O) groups is 2. The summed E-state index contributed by atoms with van der Waals surface area (Å²) in [6, 6.07) is 0. The molecule has 5 heteroatoms. The number of nitrogens with one attached hydrogen (secondary N) is 1. The molecule has 0 fully saturated rings. The maximum atomic E-state index is 11.1. The summed E-state index contributed by atoms with van der Waals surface area (Å²) in [7, 11) is 5.20. The van der Waals surface area contributed by atoms with Crippen molar-refractivity contribution in [3.8, 4) is 0 Å². The van der Waals surface area contributed by atoms with E-state index in [9.17, 15) is 9.59 Å². The third-order valence-corrected chi connectivity index (χ3v) is 1.66. The zero-order valence-electron chi connectivity index (χ0n) is 8.17. The van der Waals surface area contributed by atoms with Gasteiger partial charge in [0.25, 0.3) is 0 Å². The lowest BCUT2D eigenvalue weighted by Crippen LogP contribution is -2.37. The van der Waals surface area contributed by atoms with Gasteiger partial charge in [-0.2, -0.15) is 0 Å². The van der Waals surface area contributed by atoms with Crippen LogP contribution < -0.4 is 5.32 Å². The highest BCUT2D eigenvalue weighted by Gasteiger charge is 2.07. The Bertz CT molecular complexity index is 185. The topological polar surface area (TPSA) is 49.4 Å². The third kappa shape index (κ3) is 5.28. The van der Waals surface area contributed by atoms with E-state index in [0.29, 0.717) is 19.6 Å². The predicted octanol–water partition coefficient (Wildman–Crippen LogP) is -0.442. The van der Waals surface area contributed by atoms with Crippen LogP contribution in [0.25, 0.3) is 0 Å². The molecule has 0 aromatic rings. The number of hydrogen-bond acceptors (Lipinski definition) is 2. The summed E-state index contributed by atoms with van der Waals surface area (Å²) in [4.78, 5) is 23.2. The minimum atomic E-state index is -0.0900. The molecule has 0 bridgehead atoms. The quantitative estimate of drug-likeness (QED) is 0.586. The molecular formula is C8H15BN2O2. The normalized spacial score (nSPS) is 9.38. The fourth-order valence-electron chi connectivity index (χ4n) is 0.955. The summed E-state index contributed by atoms with van der Waals surface area (Å²) < 4.78 is 0. The Morgan fingerprint density at radius 3 is 2.46 bits per heavy atom. The average molecular weight is 182 g/mol. The van der Waals surface area contributed by atoms with Crippen LogP contribution in [0.2, 0.25) is 6.32 Å². The van der Waals surface area contributed by atoms with Gasteiger partial charge in [0, 0.05) is 26.6 Å². The van der Waals surface area contributed by atoms with Gasteiger partial charge in [-0.1, -0.05) is 0 Å². The van der Waals surface area contributed by atoms with Crippen LogP contribution in [-0.4, -0.2) is 44.2 Å². The first-order valence-electron chi connectivity index (χ1n) is 4.34. The first-order chi connectivity index (χ1) is 6.11. The van der Waals surface area contributed by atoms with Crippen molar-refractivity contribution >= 4 is 19.7 Å². The van der Waals surface area contributed by atoms with Crippen molar-refractivity contribution in [2.75, 3.05) is 19.6 Å². The summed E-state index contributed by atoms with van der Waals surface area (Å²) >= 11 is 0. The molecule has 0 aliphatic carbocycles. The number of rotatable bonds is 5. The molecule has 0 rings (SSSR count). The molecule has 72 valence electrons. The Labute approximate surface area is 80.1 Å². The van der Waals surface area contributed by atoms with E-state index in [2.05, 4.69) is 5.32 Å². The van der Waals surface area contributed by atoms with Gasteiger partial charge in [-0.05, 0) is 13.2 Å². The smallest absolute Gasteiger partial charge is 0.216 e. The van der Waals surface area contributed by atoms with E-state index in [1.807, 2.05) is 6.92 Å². The van der Waals surface area contributed by atoms with Crippen molar-refractivity contribution in [2.24, 2.45) is 0 Å².